The number of hydrogen-bond donors (Lipinski definition) is 0. The molecule has 0 spiro atoms. The standard InChI is InChI=1S/C14H20F3NO/c1-4-9-19-13(10-11(2)3,14(15,16)17)12-7-5-6-8-18-12/h5-8,11H,4,9-10H2,1-3H3. The van der Waals surface area contributed by atoms with Gasteiger partial charge in [-0.2, -0.15) is 13.2 Å². The summed E-state index contributed by atoms with van der Waals surface area (Å²) >= 11 is 0. The highest BCUT2D eigenvalue weighted by Gasteiger charge is 2.58. The second-order valence-electron chi connectivity index (χ2n) is 4.99. The molecule has 0 radical (unpaired) electrons. The minimum atomic E-state index is -4.49. The molecule has 5 heteroatoms. The Hall–Kier alpha value is -1.10. The van der Waals surface area contributed by atoms with Crippen molar-refractivity contribution in [1.29, 1.82) is 0 Å². The maximum atomic E-state index is 13.6. The molecule has 1 atom stereocenters. The molecule has 0 fully saturated rings. The van der Waals surface area contributed by atoms with Crippen LogP contribution in [0.5, 0.6) is 0 Å². The monoisotopic (exact) mass is 275 g/mol. The molecule has 0 aromatic carbocycles. The van der Waals surface area contributed by atoms with Gasteiger partial charge in [0.2, 0.25) is 5.60 Å². The average Bonchev–Trinajstić information content (AvgIpc) is 2.33. The van der Waals surface area contributed by atoms with E-state index < -0.39 is 11.8 Å². The number of aromatic nitrogens is 1. The largest absolute Gasteiger partial charge is 0.423 e. The Labute approximate surface area is 112 Å². The fourth-order valence-corrected chi connectivity index (χ4v) is 2.03. The third kappa shape index (κ3) is 3.69. The van der Waals surface area contributed by atoms with Crippen molar-refractivity contribution in [2.45, 2.75) is 45.4 Å². The summed E-state index contributed by atoms with van der Waals surface area (Å²) in [6.45, 7) is 5.34. The first kappa shape index (κ1) is 16.0. The normalized spacial score (nSPS) is 15.5. The Morgan fingerprint density at radius 2 is 1.95 bits per heavy atom. The average molecular weight is 275 g/mol. The fraction of sp³-hybridized carbons (Fsp3) is 0.643. The van der Waals surface area contributed by atoms with E-state index in [1.807, 2.05) is 0 Å². The maximum absolute atomic E-state index is 13.6. The number of rotatable bonds is 6. The summed E-state index contributed by atoms with van der Waals surface area (Å²) < 4.78 is 46.0. The zero-order chi connectivity index (χ0) is 14.5. The van der Waals surface area contributed by atoms with Gasteiger partial charge in [0.1, 0.15) is 0 Å². The molecule has 0 bridgehead atoms. The van der Waals surface area contributed by atoms with E-state index in [-0.39, 0.29) is 24.6 Å². The third-order valence-electron chi connectivity index (χ3n) is 2.78. The minimum Gasteiger partial charge on any atom is -0.360 e. The highest BCUT2D eigenvalue weighted by Crippen LogP contribution is 2.45. The molecule has 108 valence electrons. The van der Waals surface area contributed by atoms with Gasteiger partial charge in [0, 0.05) is 12.8 Å². The van der Waals surface area contributed by atoms with Crippen LogP contribution in [-0.2, 0) is 10.3 Å². The lowest BCUT2D eigenvalue weighted by molar-refractivity contribution is -0.292. The lowest BCUT2D eigenvalue weighted by Crippen LogP contribution is -2.46. The Kier molecular flexibility index (Phi) is 5.35. The van der Waals surface area contributed by atoms with Crippen LogP contribution in [0.2, 0.25) is 0 Å². The highest BCUT2D eigenvalue weighted by atomic mass is 19.4. The molecule has 0 aliphatic carbocycles. The second kappa shape index (κ2) is 6.37. The molecule has 1 unspecified atom stereocenters. The summed E-state index contributed by atoms with van der Waals surface area (Å²) in [4.78, 5) is 3.88. The number of ether oxygens (including phenoxy) is 1. The summed E-state index contributed by atoms with van der Waals surface area (Å²) in [7, 11) is 0. The Morgan fingerprint density at radius 1 is 1.26 bits per heavy atom. The smallest absolute Gasteiger partial charge is 0.360 e. The van der Waals surface area contributed by atoms with Gasteiger partial charge in [0.05, 0.1) is 5.69 Å². The quantitative estimate of drug-likeness (QED) is 0.771. The Bertz CT molecular complexity index is 378. The SMILES string of the molecule is CCCOC(CC(C)C)(c1ccccn1)C(F)(F)F. The summed E-state index contributed by atoms with van der Waals surface area (Å²) in [5.41, 5.74) is -2.37. The first-order valence-electron chi connectivity index (χ1n) is 6.45. The summed E-state index contributed by atoms with van der Waals surface area (Å²) in [5, 5.41) is 0. The molecule has 0 saturated heterocycles. The van der Waals surface area contributed by atoms with Crippen molar-refractivity contribution >= 4 is 0 Å². The van der Waals surface area contributed by atoms with Crippen LogP contribution in [0.25, 0.3) is 0 Å². The molecule has 1 aromatic heterocycles. The van der Waals surface area contributed by atoms with E-state index in [1.165, 1.54) is 12.3 Å². The van der Waals surface area contributed by atoms with Gasteiger partial charge in [-0.15, -0.1) is 0 Å². The molecule has 0 saturated carbocycles. The fourth-order valence-electron chi connectivity index (χ4n) is 2.03. The molecular formula is C14H20F3NO. The summed E-state index contributed by atoms with van der Waals surface area (Å²) in [5.74, 6) is -0.152. The highest BCUT2D eigenvalue weighted by molar-refractivity contribution is 5.16. The zero-order valence-corrected chi connectivity index (χ0v) is 11.5. The van der Waals surface area contributed by atoms with Crippen LogP contribution < -0.4 is 0 Å². The van der Waals surface area contributed by atoms with Gasteiger partial charge in [-0.3, -0.25) is 4.98 Å². The molecule has 0 amide bonds. The van der Waals surface area contributed by atoms with Gasteiger partial charge < -0.3 is 4.74 Å². The van der Waals surface area contributed by atoms with Crippen molar-refractivity contribution in [3.8, 4) is 0 Å². The molecule has 1 aromatic rings. The topological polar surface area (TPSA) is 22.1 Å². The van der Waals surface area contributed by atoms with Crippen LogP contribution in [0.4, 0.5) is 13.2 Å². The molecule has 1 rings (SSSR count). The summed E-state index contributed by atoms with van der Waals surface area (Å²) in [6, 6.07) is 4.53. The van der Waals surface area contributed by atoms with Crippen molar-refractivity contribution in [2.24, 2.45) is 5.92 Å². The Balaban J connectivity index is 3.26. The van der Waals surface area contributed by atoms with Crippen molar-refractivity contribution < 1.29 is 17.9 Å². The van der Waals surface area contributed by atoms with E-state index in [0.717, 1.165) is 0 Å². The maximum Gasteiger partial charge on any atom is 0.423 e. The number of hydrogen-bond acceptors (Lipinski definition) is 2. The Morgan fingerprint density at radius 3 is 2.37 bits per heavy atom. The number of pyridine rings is 1. The minimum absolute atomic E-state index is 0.0583. The van der Waals surface area contributed by atoms with Crippen molar-refractivity contribution in [2.75, 3.05) is 6.61 Å². The van der Waals surface area contributed by atoms with E-state index in [1.54, 1.807) is 32.9 Å². The first-order chi connectivity index (χ1) is 8.83. The van der Waals surface area contributed by atoms with Crippen molar-refractivity contribution in [3.05, 3.63) is 30.1 Å². The third-order valence-corrected chi connectivity index (χ3v) is 2.78. The molecular weight excluding hydrogens is 255 g/mol. The number of nitrogens with zero attached hydrogens (tertiary/aromatic N) is 1. The molecule has 2 nitrogen and oxygen atoms in total. The van der Waals surface area contributed by atoms with Crippen molar-refractivity contribution in [3.63, 3.8) is 0 Å². The van der Waals surface area contributed by atoms with E-state index in [4.69, 9.17) is 4.74 Å². The van der Waals surface area contributed by atoms with E-state index in [9.17, 15) is 13.2 Å². The van der Waals surface area contributed by atoms with Crippen LogP contribution in [0, 0.1) is 5.92 Å². The van der Waals surface area contributed by atoms with Gasteiger partial charge in [0.15, 0.2) is 0 Å². The van der Waals surface area contributed by atoms with Crippen LogP contribution in [-0.4, -0.2) is 17.8 Å². The van der Waals surface area contributed by atoms with Crippen LogP contribution >= 0.6 is 0 Å². The molecule has 1 heterocycles. The van der Waals surface area contributed by atoms with Gasteiger partial charge in [-0.05, 0) is 30.9 Å². The lowest BCUT2D eigenvalue weighted by Gasteiger charge is -2.36. The van der Waals surface area contributed by atoms with Crippen molar-refractivity contribution in [1.82, 2.24) is 4.98 Å². The van der Waals surface area contributed by atoms with E-state index in [2.05, 4.69) is 4.98 Å². The number of alkyl halides is 3. The molecule has 0 aliphatic rings. The van der Waals surface area contributed by atoms with E-state index in [0.29, 0.717) is 6.42 Å². The van der Waals surface area contributed by atoms with Gasteiger partial charge >= 0.3 is 6.18 Å². The van der Waals surface area contributed by atoms with E-state index >= 15 is 0 Å². The first-order valence-corrected chi connectivity index (χ1v) is 6.45. The van der Waals surface area contributed by atoms with Crippen LogP contribution in [0.1, 0.15) is 39.3 Å². The predicted octanol–water partition coefficient (Wildman–Crippen LogP) is 4.31. The molecule has 19 heavy (non-hydrogen) atoms. The van der Waals surface area contributed by atoms with Gasteiger partial charge in [0.25, 0.3) is 0 Å². The lowest BCUT2D eigenvalue weighted by atomic mass is 9.87. The molecule has 0 aliphatic heterocycles. The molecule has 0 N–H and O–H groups in total. The van der Waals surface area contributed by atoms with Gasteiger partial charge in [-0.25, -0.2) is 0 Å². The summed E-state index contributed by atoms with van der Waals surface area (Å²) in [6.07, 6.45) is -2.72. The zero-order valence-electron chi connectivity index (χ0n) is 11.5. The second-order valence-corrected chi connectivity index (χ2v) is 4.99. The predicted molar refractivity (Wildman–Crippen MR) is 67.7 cm³/mol. The number of halogens is 3. The van der Waals surface area contributed by atoms with Crippen LogP contribution in [0.15, 0.2) is 24.4 Å². The van der Waals surface area contributed by atoms with Gasteiger partial charge in [-0.1, -0.05) is 26.8 Å². The van der Waals surface area contributed by atoms with Crippen LogP contribution in [0.3, 0.4) is 0 Å².